The van der Waals surface area contributed by atoms with Crippen molar-refractivity contribution < 1.29 is 18.7 Å². The van der Waals surface area contributed by atoms with Gasteiger partial charge in [0.15, 0.2) is 5.69 Å². The van der Waals surface area contributed by atoms with Crippen molar-refractivity contribution in [2.75, 3.05) is 13.7 Å². The zero-order chi connectivity index (χ0) is 18.7. The van der Waals surface area contributed by atoms with Gasteiger partial charge in [-0.15, -0.1) is 0 Å². The molecule has 1 aliphatic heterocycles. The molecule has 0 saturated carbocycles. The zero-order valence-electron chi connectivity index (χ0n) is 14.1. The lowest BCUT2D eigenvalue weighted by atomic mass is 10.0. The van der Waals surface area contributed by atoms with Crippen LogP contribution in [0.3, 0.4) is 0 Å². The van der Waals surface area contributed by atoms with Gasteiger partial charge in [-0.3, -0.25) is 14.7 Å². The second-order valence-corrected chi connectivity index (χ2v) is 6.34. The van der Waals surface area contributed by atoms with Crippen molar-refractivity contribution in [3.05, 3.63) is 51.6 Å². The summed E-state index contributed by atoms with van der Waals surface area (Å²) in [6.07, 6.45) is 0.609. The SMILES string of the molecule is COC(=O)CC(NC(=O)c1n[nH]c2c1CNCC2)c1ccc(Cl)c(F)c1. The van der Waals surface area contributed by atoms with Crippen molar-refractivity contribution in [1.29, 1.82) is 0 Å². The van der Waals surface area contributed by atoms with E-state index >= 15 is 0 Å². The van der Waals surface area contributed by atoms with Crippen LogP contribution in [0.15, 0.2) is 18.2 Å². The third-order valence-electron chi connectivity index (χ3n) is 4.27. The van der Waals surface area contributed by atoms with E-state index in [1.165, 1.54) is 19.2 Å². The van der Waals surface area contributed by atoms with E-state index in [0.29, 0.717) is 12.1 Å². The number of halogens is 2. The summed E-state index contributed by atoms with van der Waals surface area (Å²) < 4.78 is 18.5. The van der Waals surface area contributed by atoms with E-state index in [-0.39, 0.29) is 17.1 Å². The lowest BCUT2D eigenvalue weighted by Crippen LogP contribution is -2.32. The highest BCUT2D eigenvalue weighted by Gasteiger charge is 2.25. The largest absolute Gasteiger partial charge is 0.469 e. The average Bonchev–Trinajstić information content (AvgIpc) is 3.07. The monoisotopic (exact) mass is 380 g/mol. The van der Waals surface area contributed by atoms with Crippen molar-refractivity contribution in [1.82, 2.24) is 20.8 Å². The molecule has 0 saturated heterocycles. The molecule has 0 spiro atoms. The summed E-state index contributed by atoms with van der Waals surface area (Å²) in [6, 6.07) is 3.35. The number of esters is 1. The molecule has 138 valence electrons. The van der Waals surface area contributed by atoms with Gasteiger partial charge in [-0.05, 0) is 17.7 Å². The Hall–Kier alpha value is -2.45. The van der Waals surface area contributed by atoms with Gasteiger partial charge >= 0.3 is 5.97 Å². The minimum Gasteiger partial charge on any atom is -0.469 e. The quantitative estimate of drug-likeness (QED) is 0.688. The minimum atomic E-state index is -0.773. The molecule has 3 rings (SSSR count). The average molecular weight is 381 g/mol. The molecular formula is C17H18ClFN4O3. The van der Waals surface area contributed by atoms with Gasteiger partial charge in [-0.1, -0.05) is 17.7 Å². The van der Waals surface area contributed by atoms with Crippen LogP contribution >= 0.6 is 11.6 Å². The fraction of sp³-hybridized carbons (Fsp3) is 0.353. The summed E-state index contributed by atoms with van der Waals surface area (Å²) in [5.41, 5.74) is 2.38. The fourth-order valence-electron chi connectivity index (χ4n) is 2.87. The van der Waals surface area contributed by atoms with Gasteiger partial charge in [0.25, 0.3) is 5.91 Å². The number of aromatic amines is 1. The summed E-state index contributed by atoms with van der Waals surface area (Å²) in [4.78, 5) is 24.4. The Bertz CT molecular complexity index is 839. The van der Waals surface area contributed by atoms with Gasteiger partial charge < -0.3 is 15.4 Å². The predicted octanol–water partition coefficient (Wildman–Crippen LogP) is 1.88. The maximum atomic E-state index is 13.8. The molecular weight excluding hydrogens is 363 g/mol. The van der Waals surface area contributed by atoms with Gasteiger partial charge in [0.05, 0.1) is 24.6 Å². The molecule has 0 bridgehead atoms. The van der Waals surface area contributed by atoms with E-state index in [1.807, 2.05) is 0 Å². The van der Waals surface area contributed by atoms with Crippen LogP contribution in [0, 0.1) is 5.82 Å². The smallest absolute Gasteiger partial charge is 0.307 e. The lowest BCUT2D eigenvalue weighted by Gasteiger charge is -2.19. The maximum absolute atomic E-state index is 13.8. The Balaban J connectivity index is 1.85. The molecule has 0 fully saturated rings. The molecule has 2 heterocycles. The van der Waals surface area contributed by atoms with Crippen LogP contribution < -0.4 is 10.6 Å². The molecule has 2 aromatic rings. The van der Waals surface area contributed by atoms with Crippen molar-refractivity contribution in [2.45, 2.75) is 25.4 Å². The molecule has 1 atom stereocenters. The Morgan fingerprint density at radius 2 is 2.27 bits per heavy atom. The Morgan fingerprint density at radius 3 is 3.00 bits per heavy atom. The number of rotatable bonds is 5. The van der Waals surface area contributed by atoms with E-state index in [2.05, 4.69) is 25.6 Å². The molecule has 3 N–H and O–H groups in total. The molecule has 1 aromatic heterocycles. The van der Waals surface area contributed by atoms with Crippen molar-refractivity contribution in [3.8, 4) is 0 Å². The van der Waals surface area contributed by atoms with Gasteiger partial charge in [-0.25, -0.2) is 4.39 Å². The third kappa shape index (κ3) is 3.86. The summed E-state index contributed by atoms with van der Waals surface area (Å²) in [5, 5.41) is 12.8. The van der Waals surface area contributed by atoms with Crippen LogP contribution in [0.25, 0.3) is 0 Å². The van der Waals surface area contributed by atoms with Crippen LogP contribution in [0.4, 0.5) is 4.39 Å². The number of hydrogen-bond acceptors (Lipinski definition) is 5. The second-order valence-electron chi connectivity index (χ2n) is 5.94. The molecule has 0 radical (unpaired) electrons. The van der Waals surface area contributed by atoms with Crippen molar-refractivity contribution in [2.24, 2.45) is 0 Å². The Labute approximate surface area is 154 Å². The second kappa shape index (κ2) is 7.84. The molecule has 1 unspecified atom stereocenters. The van der Waals surface area contributed by atoms with Crippen molar-refractivity contribution in [3.63, 3.8) is 0 Å². The number of ether oxygens (including phenoxy) is 1. The minimum absolute atomic E-state index is 0.0376. The van der Waals surface area contributed by atoms with Crippen LogP contribution in [-0.2, 0) is 22.5 Å². The molecule has 1 aromatic carbocycles. The highest BCUT2D eigenvalue weighted by Crippen LogP contribution is 2.24. The Morgan fingerprint density at radius 1 is 1.46 bits per heavy atom. The first kappa shape index (κ1) is 18.3. The standard InChI is InChI=1S/C17H18ClFN4O3/c1-26-15(24)7-14(9-2-3-11(18)12(19)6-9)21-17(25)16-10-8-20-5-4-13(10)22-23-16/h2-3,6,14,20H,4-5,7-8H2,1H3,(H,21,25)(H,22,23). The molecule has 1 aliphatic rings. The fourth-order valence-corrected chi connectivity index (χ4v) is 2.99. The number of carbonyl (C=O) groups is 2. The van der Waals surface area contributed by atoms with Crippen LogP contribution in [0.5, 0.6) is 0 Å². The van der Waals surface area contributed by atoms with Crippen molar-refractivity contribution >= 4 is 23.5 Å². The number of methoxy groups -OCH3 is 1. The van der Waals surface area contributed by atoms with Crippen LogP contribution in [-0.4, -0.2) is 35.7 Å². The number of nitrogens with one attached hydrogen (secondary N) is 3. The first-order valence-electron chi connectivity index (χ1n) is 8.09. The molecule has 7 nitrogen and oxygen atoms in total. The van der Waals surface area contributed by atoms with Crippen LogP contribution in [0.1, 0.15) is 39.8 Å². The summed E-state index contributed by atoms with van der Waals surface area (Å²) >= 11 is 5.71. The van der Waals surface area contributed by atoms with Crippen LogP contribution in [0.2, 0.25) is 5.02 Å². The summed E-state index contributed by atoms with van der Waals surface area (Å²) in [6.45, 7) is 1.34. The van der Waals surface area contributed by atoms with E-state index in [9.17, 15) is 14.0 Å². The van der Waals surface area contributed by atoms with Gasteiger partial charge in [0.2, 0.25) is 0 Å². The number of hydrogen-bond donors (Lipinski definition) is 3. The Kier molecular flexibility index (Phi) is 5.53. The van der Waals surface area contributed by atoms with Gasteiger partial charge in [0, 0.05) is 30.8 Å². The normalized spacial score (nSPS) is 14.4. The first-order chi connectivity index (χ1) is 12.5. The maximum Gasteiger partial charge on any atom is 0.307 e. The first-order valence-corrected chi connectivity index (χ1v) is 8.47. The van der Waals surface area contributed by atoms with E-state index < -0.39 is 23.7 Å². The topological polar surface area (TPSA) is 96.1 Å². The third-order valence-corrected chi connectivity index (χ3v) is 4.58. The van der Waals surface area contributed by atoms with Gasteiger partial charge in [-0.2, -0.15) is 5.10 Å². The number of amides is 1. The molecule has 9 heteroatoms. The summed E-state index contributed by atoms with van der Waals surface area (Å²) in [5.74, 6) is -1.61. The predicted molar refractivity (Wildman–Crippen MR) is 92.2 cm³/mol. The lowest BCUT2D eigenvalue weighted by molar-refractivity contribution is -0.141. The number of nitrogens with zero attached hydrogens (tertiary/aromatic N) is 1. The number of benzene rings is 1. The van der Waals surface area contributed by atoms with E-state index in [4.69, 9.17) is 11.6 Å². The van der Waals surface area contributed by atoms with E-state index in [1.54, 1.807) is 6.07 Å². The highest BCUT2D eigenvalue weighted by atomic mass is 35.5. The molecule has 1 amide bonds. The number of fused-ring (bicyclic) bond motifs is 1. The molecule has 0 aliphatic carbocycles. The molecule has 26 heavy (non-hydrogen) atoms. The number of H-pyrrole nitrogens is 1. The number of carbonyl (C=O) groups excluding carboxylic acids is 2. The highest BCUT2D eigenvalue weighted by molar-refractivity contribution is 6.30. The number of aromatic nitrogens is 2. The van der Waals surface area contributed by atoms with Gasteiger partial charge in [0.1, 0.15) is 5.82 Å². The zero-order valence-corrected chi connectivity index (χ0v) is 14.8. The van der Waals surface area contributed by atoms with E-state index in [0.717, 1.165) is 24.2 Å². The summed E-state index contributed by atoms with van der Waals surface area (Å²) in [7, 11) is 1.25.